The number of rotatable bonds is 6. The lowest BCUT2D eigenvalue weighted by atomic mass is 9.87. The molecule has 0 radical (unpaired) electrons. The van der Waals surface area contributed by atoms with Gasteiger partial charge in [0, 0.05) is 49.5 Å². The molecule has 11 nitrogen and oxygen atoms in total. The second-order valence-electron chi connectivity index (χ2n) is 11.3. The smallest absolute Gasteiger partial charge is 0.265 e. The highest BCUT2D eigenvalue weighted by atomic mass is 16.7. The van der Waals surface area contributed by atoms with E-state index in [1.807, 2.05) is 43.0 Å². The molecular formula is C31H34N6O5. The Labute approximate surface area is 243 Å². The molecule has 1 aromatic heterocycles. The van der Waals surface area contributed by atoms with Gasteiger partial charge in [-0.05, 0) is 38.3 Å². The number of nitrogens with zero attached hydrogens (tertiary/aromatic N) is 4. The molecular weight excluding hydrogens is 536 g/mol. The molecule has 1 amide bonds. The Morgan fingerprint density at radius 2 is 2.00 bits per heavy atom. The van der Waals surface area contributed by atoms with Gasteiger partial charge in [-0.25, -0.2) is 15.3 Å². The van der Waals surface area contributed by atoms with Crippen molar-refractivity contribution < 1.29 is 19.1 Å². The van der Waals surface area contributed by atoms with E-state index in [-0.39, 0.29) is 17.6 Å². The molecule has 3 N–H and O–H groups in total. The highest BCUT2D eigenvalue weighted by molar-refractivity contribution is 6.07. The molecule has 0 bridgehead atoms. The summed E-state index contributed by atoms with van der Waals surface area (Å²) in [6.07, 6.45) is 1.95. The Morgan fingerprint density at radius 1 is 1.24 bits per heavy atom. The lowest BCUT2D eigenvalue weighted by Crippen LogP contribution is -2.45. The molecule has 2 saturated heterocycles. The third kappa shape index (κ3) is 4.76. The van der Waals surface area contributed by atoms with Crippen molar-refractivity contribution >= 4 is 28.3 Å². The number of ether oxygens (including phenoxy) is 2. The van der Waals surface area contributed by atoms with Gasteiger partial charge in [0.15, 0.2) is 11.6 Å². The molecule has 3 aliphatic heterocycles. The number of primary amides is 1. The molecule has 42 heavy (non-hydrogen) atoms. The van der Waals surface area contributed by atoms with Gasteiger partial charge in [-0.3, -0.25) is 9.59 Å². The second kappa shape index (κ2) is 10.8. The van der Waals surface area contributed by atoms with Crippen LogP contribution in [0.15, 0.2) is 46.2 Å². The van der Waals surface area contributed by atoms with Crippen molar-refractivity contribution in [1.82, 2.24) is 10.0 Å². The number of amides is 1. The fraction of sp³-hybridized carbons (Fsp3) is 0.419. The van der Waals surface area contributed by atoms with Crippen LogP contribution in [0.1, 0.15) is 53.2 Å². The van der Waals surface area contributed by atoms with E-state index >= 15 is 0 Å². The Kier molecular flexibility index (Phi) is 7.12. The predicted octanol–water partition coefficient (Wildman–Crippen LogP) is 2.90. The number of nitriles is 1. The first kappa shape index (κ1) is 27.8. The number of carbonyl (C=O) groups is 1. The van der Waals surface area contributed by atoms with E-state index in [4.69, 9.17) is 25.0 Å². The van der Waals surface area contributed by atoms with Gasteiger partial charge in [-0.1, -0.05) is 24.3 Å². The molecule has 3 aromatic rings. The van der Waals surface area contributed by atoms with E-state index < -0.39 is 17.2 Å². The topological polar surface area (TPSA) is 144 Å². The maximum atomic E-state index is 13.5. The summed E-state index contributed by atoms with van der Waals surface area (Å²) in [6.45, 7) is 6.14. The summed E-state index contributed by atoms with van der Waals surface area (Å²) < 4.78 is 12.9. The van der Waals surface area contributed by atoms with Crippen molar-refractivity contribution in [3.8, 4) is 11.8 Å². The van der Waals surface area contributed by atoms with E-state index in [2.05, 4.69) is 11.5 Å². The number of benzene rings is 2. The number of pyridine rings is 1. The fourth-order valence-corrected chi connectivity index (χ4v) is 6.26. The second-order valence-corrected chi connectivity index (χ2v) is 11.3. The molecule has 2 atom stereocenters. The molecule has 0 saturated carbocycles. The Hall–Kier alpha value is -4.40. The van der Waals surface area contributed by atoms with Crippen LogP contribution >= 0.6 is 0 Å². The van der Waals surface area contributed by atoms with Crippen molar-refractivity contribution in [3.05, 3.63) is 69.0 Å². The molecule has 218 valence electrons. The summed E-state index contributed by atoms with van der Waals surface area (Å²) in [5.74, 6) is 0.367. The zero-order valence-corrected chi connectivity index (χ0v) is 24.0. The number of aliphatic imine (C=N–C) groups is 1. The Bertz CT molecular complexity index is 1690. The molecule has 2 aromatic carbocycles. The highest BCUT2D eigenvalue weighted by Gasteiger charge is 2.42. The molecule has 0 spiro atoms. The minimum atomic E-state index is -0.806. The van der Waals surface area contributed by atoms with Crippen LogP contribution in [0.2, 0.25) is 0 Å². The molecule has 0 aliphatic carbocycles. The van der Waals surface area contributed by atoms with Crippen LogP contribution in [0, 0.1) is 24.2 Å². The van der Waals surface area contributed by atoms with Crippen molar-refractivity contribution in [2.24, 2.45) is 23.7 Å². The first-order valence-electron chi connectivity index (χ1n) is 14.2. The van der Waals surface area contributed by atoms with Crippen LogP contribution in [0.3, 0.4) is 0 Å². The van der Waals surface area contributed by atoms with E-state index in [1.54, 1.807) is 19.2 Å². The van der Waals surface area contributed by atoms with Gasteiger partial charge < -0.3 is 24.7 Å². The number of fused-ring (bicyclic) bond motifs is 1. The molecule has 6 rings (SSSR count). The number of piperidine rings is 1. The first-order chi connectivity index (χ1) is 20.2. The lowest BCUT2D eigenvalue weighted by Gasteiger charge is -2.39. The Balaban J connectivity index is 1.34. The third-order valence-electron chi connectivity index (χ3n) is 8.68. The number of carbonyl (C=O) groups excluding carboxylic acids is 1. The molecule has 4 heterocycles. The zero-order chi connectivity index (χ0) is 29.6. The highest BCUT2D eigenvalue weighted by Crippen LogP contribution is 2.39. The van der Waals surface area contributed by atoms with E-state index in [0.717, 1.165) is 17.5 Å². The number of anilines is 1. The average Bonchev–Trinajstić information content (AvgIpc) is 3.65. The van der Waals surface area contributed by atoms with Crippen molar-refractivity contribution in [2.45, 2.75) is 44.9 Å². The number of nitrogens with two attached hydrogens (primary N) is 1. The summed E-state index contributed by atoms with van der Waals surface area (Å²) in [7, 11) is 1.59. The summed E-state index contributed by atoms with van der Waals surface area (Å²) in [6, 6.07) is 13.6. The average molecular weight is 571 g/mol. The van der Waals surface area contributed by atoms with E-state index in [9.17, 15) is 14.9 Å². The van der Waals surface area contributed by atoms with Crippen molar-refractivity contribution in [1.29, 1.82) is 5.26 Å². The van der Waals surface area contributed by atoms with E-state index in [0.29, 0.717) is 72.9 Å². The first-order valence-corrected chi connectivity index (χ1v) is 14.2. The van der Waals surface area contributed by atoms with Crippen molar-refractivity contribution in [3.63, 3.8) is 0 Å². The lowest BCUT2D eigenvalue weighted by molar-refractivity contribution is -0.0859. The standard InChI is InChI=1S/C31H34N6O5/c1-18-6-4-5-7-22(18)29-34-31(2,42-35-29)20-8-11-37(12-9-20)27-23-14-19(16-32)25(41-21-10-13-40-17-21)15-24(23)36(3)30(39)26(27)28(33)38/h4-7,14-15,20-21H,8-13,17H2,1-3H3,(H2,33,38)(H,34,35). The van der Waals surface area contributed by atoms with Crippen LogP contribution in [0.25, 0.3) is 10.9 Å². The van der Waals surface area contributed by atoms with Crippen LogP contribution in [-0.2, 0) is 16.6 Å². The molecule has 11 heteroatoms. The normalized spacial score (nSPS) is 22.6. The number of aromatic nitrogens is 1. The van der Waals surface area contributed by atoms with Gasteiger partial charge in [0.2, 0.25) is 0 Å². The van der Waals surface area contributed by atoms with E-state index in [1.165, 1.54) is 4.57 Å². The molecule has 2 fully saturated rings. The van der Waals surface area contributed by atoms with Gasteiger partial charge in [-0.15, -0.1) is 0 Å². The fourth-order valence-electron chi connectivity index (χ4n) is 6.26. The van der Waals surface area contributed by atoms with Gasteiger partial charge in [0.1, 0.15) is 23.5 Å². The minimum Gasteiger partial charge on any atom is -0.486 e. The van der Waals surface area contributed by atoms with Gasteiger partial charge in [-0.2, -0.15) is 5.26 Å². The number of nitrogens with one attached hydrogen (secondary N) is 1. The number of aryl methyl sites for hydroxylation is 2. The largest absolute Gasteiger partial charge is 0.486 e. The monoisotopic (exact) mass is 570 g/mol. The summed E-state index contributed by atoms with van der Waals surface area (Å²) >= 11 is 0. The van der Waals surface area contributed by atoms with Gasteiger partial charge in [0.05, 0.1) is 30.0 Å². The summed E-state index contributed by atoms with van der Waals surface area (Å²) in [4.78, 5) is 39.2. The number of amidine groups is 1. The zero-order valence-electron chi connectivity index (χ0n) is 24.0. The van der Waals surface area contributed by atoms with Gasteiger partial charge in [0.25, 0.3) is 11.5 Å². The van der Waals surface area contributed by atoms with Crippen LogP contribution in [0.4, 0.5) is 5.69 Å². The van der Waals surface area contributed by atoms with Crippen LogP contribution < -0.4 is 26.4 Å². The van der Waals surface area contributed by atoms with Crippen LogP contribution in [0.5, 0.6) is 5.75 Å². The number of hydroxylamine groups is 1. The minimum absolute atomic E-state index is 0.0842. The van der Waals surface area contributed by atoms with Crippen molar-refractivity contribution in [2.75, 3.05) is 31.2 Å². The van der Waals surface area contributed by atoms with Crippen LogP contribution in [-0.4, -0.2) is 54.4 Å². The van der Waals surface area contributed by atoms with Gasteiger partial charge >= 0.3 is 0 Å². The predicted molar refractivity (Wildman–Crippen MR) is 158 cm³/mol. The third-order valence-corrected chi connectivity index (χ3v) is 8.68. The summed E-state index contributed by atoms with van der Waals surface area (Å²) in [5.41, 5.74) is 10.9. The maximum Gasteiger partial charge on any atom is 0.265 e. The maximum absolute atomic E-state index is 13.5. The quantitative estimate of drug-likeness (QED) is 0.460. The SMILES string of the molecule is Cc1ccccc1C1=NC(C)(C2CCN(c3c(C(N)=O)c(=O)n(C)c4cc(OC5CCOC5)c(C#N)cc34)CC2)ON1. The summed E-state index contributed by atoms with van der Waals surface area (Å²) in [5, 5.41) is 10.6. The molecule has 3 aliphatic rings. The number of hydrogen-bond acceptors (Lipinski definition) is 9. The molecule has 2 unspecified atom stereocenters. The number of hydrogen-bond donors (Lipinski definition) is 2. The Morgan fingerprint density at radius 3 is 2.67 bits per heavy atom.